The van der Waals surface area contributed by atoms with Gasteiger partial charge in [0.15, 0.2) is 5.11 Å². The maximum Gasteiger partial charge on any atom is 0.174 e. The number of pyridine rings is 1. The lowest BCUT2D eigenvalue weighted by molar-refractivity contribution is 0.357. The fourth-order valence-electron chi connectivity index (χ4n) is 5.89. The van der Waals surface area contributed by atoms with Crippen molar-refractivity contribution in [2.45, 2.75) is 46.2 Å². The van der Waals surface area contributed by atoms with E-state index in [2.05, 4.69) is 89.7 Å². The van der Waals surface area contributed by atoms with E-state index in [1.807, 2.05) is 18.3 Å². The molecule has 5 nitrogen and oxygen atoms in total. The molecule has 0 spiro atoms. The Morgan fingerprint density at radius 1 is 1.06 bits per heavy atom. The van der Waals surface area contributed by atoms with Crippen molar-refractivity contribution in [2.75, 3.05) is 22.9 Å². The van der Waals surface area contributed by atoms with Gasteiger partial charge in [-0.15, -0.1) is 0 Å². The lowest BCUT2D eigenvalue weighted by Crippen LogP contribution is -2.38. The van der Waals surface area contributed by atoms with Gasteiger partial charge in [0.05, 0.1) is 28.5 Å². The third-order valence-electron chi connectivity index (χ3n) is 7.65. The maximum atomic E-state index is 6.94. The van der Waals surface area contributed by atoms with E-state index in [0.717, 1.165) is 35.2 Å². The molecule has 0 amide bonds. The van der Waals surface area contributed by atoms with Crippen LogP contribution in [0.3, 0.4) is 0 Å². The molecule has 0 saturated carbocycles. The first-order valence-electron chi connectivity index (χ1n) is 12.4. The van der Waals surface area contributed by atoms with Crippen molar-refractivity contribution in [2.24, 2.45) is 18.9 Å². The Hall–Kier alpha value is -2.57. The van der Waals surface area contributed by atoms with Crippen LogP contribution in [0.1, 0.15) is 55.0 Å². The van der Waals surface area contributed by atoms with Crippen molar-refractivity contribution < 1.29 is 0 Å². The van der Waals surface area contributed by atoms with Crippen LogP contribution in [0, 0.1) is 25.7 Å². The molecular weight excluding hydrogens is 474 g/mol. The Bertz CT molecular complexity index is 1230. The van der Waals surface area contributed by atoms with Gasteiger partial charge in [-0.2, -0.15) is 0 Å². The minimum absolute atomic E-state index is 0.0331. The molecule has 5 rings (SSSR count). The molecule has 0 aliphatic carbocycles. The molecule has 2 fully saturated rings. The van der Waals surface area contributed by atoms with Crippen molar-refractivity contribution in [3.8, 4) is 0 Å². The molecule has 4 atom stereocenters. The highest BCUT2D eigenvalue weighted by Crippen LogP contribution is 2.44. The first kappa shape index (κ1) is 24.1. The van der Waals surface area contributed by atoms with Crippen LogP contribution in [0.15, 0.2) is 48.7 Å². The van der Waals surface area contributed by atoms with Gasteiger partial charge in [-0.05, 0) is 86.3 Å². The number of thiocarbonyl (C=S) groups is 1. The van der Waals surface area contributed by atoms with Crippen LogP contribution in [-0.4, -0.2) is 27.8 Å². The van der Waals surface area contributed by atoms with Crippen LogP contribution in [0.5, 0.6) is 0 Å². The summed E-state index contributed by atoms with van der Waals surface area (Å²) in [4.78, 5) is 9.33. The van der Waals surface area contributed by atoms with Gasteiger partial charge >= 0.3 is 0 Å². The lowest BCUT2D eigenvalue weighted by atomic mass is 9.91. The third kappa shape index (κ3) is 4.43. The fraction of sp³-hybridized carbons (Fsp3) is 0.429. The maximum absolute atomic E-state index is 6.94. The molecular formula is C28H34ClN5S. The highest BCUT2D eigenvalue weighted by Gasteiger charge is 2.42. The standard InChI is InChI=1S/C28H34ClN5S/c1-17-12-18(2)16-33(15-17)25-10-9-21(14-23(25)29)34-27(22-13-19(3)32(5)20(22)4)26(31-28(34)35)24-8-6-7-11-30-24/h6-11,13-14,17-18,26-27H,12,15-16H2,1-5H3,(H,31,35)/t17-,18+,26-,27-/m0/s1. The molecule has 0 bridgehead atoms. The summed E-state index contributed by atoms with van der Waals surface area (Å²) in [5, 5.41) is 5.03. The summed E-state index contributed by atoms with van der Waals surface area (Å²) in [6.45, 7) is 11.0. The molecule has 7 heteroatoms. The number of halogens is 1. The normalized spacial score (nSPS) is 24.7. The number of aryl methyl sites for hydroxylation is 1. The van der Waals surface area contributed by atoms with Crippen LogP contribution in [0.2, 0.25) is 5.02 Å². The van der Waals surface area contributed by atoms with Crippen molar-refractivity contribution in [1.82, 2.24) is 14.9 Å². The average molecular weight is 508 g/mol. The summed E-state index contributed by atoms with van der Waals surface area (Å²) >= 11 is 12.9. The molecule has 2 aromatic heterocycles. The van der Waals surface area contributed by atoms with E-state index in [9.17, 15) is 0 Å². The monoisotopic (exact) mass is 507 g/mol. The number of aromatic nitrogens is 2. The first-order chi connectivity index (χ1) is 16.7. The molecule has 35 heavy (non-hydrogen) atoms. The molecule has 4 heterocycles. The molecule has 2 aliphatic heterocycles. The van der Waals surface area contributed by atoms with Gasteiger partial charge in [-0.1, -0.05) is 31.5 Å². The number of piperidine rings is 1. The van der Waals surface area contributed by atoms with E-state index in [1.165, 1.54) is 23.4 Å². The Morgan fingerprint density at radius 3 is 2.40 bits per heavy atom. The Labute approximate surface area is 219 Å². The van der Waals surface area contributed by atoms with Crippen molar-refractivity contribution in [3.63, 3.8) is 0 Å². The summed E-state index contributed by atoms with van der Waals surface area (Å²) in [6.07, 6.45) is 3.11. The van der Waals surface area contributed by atoms with E-state index < -0.39 is 0 Å². The van der Waals surface area contributed by atoms with Gasteiger partial charge in [-0.25, -0.2) is 0 Å². The highest BCUT2D eigenvalue weighted by atomic mass is 35.5. The Balaban J connectivity index is 1.56. The average Bonchev–Trinajstić information content (AvgIpc) is 3.29. The summed E-state index contributed by atoms with van der Waals surface area (Å²) in [5.41, 5.74) is 6.77. The van der Waals surface area contributed by atoms with Gasteiger partial charge in [0, 0.05) is 43.4 Å². The summed E-state index contributed by atoms with van der Waals surface area (Å²) in [7, 11) is 2.11. The summed E-state index contributed by atoms with van der Waals surface area (Å²) < 4.78 is 2.24. The zero-order valence-electron chi connectivity index (χ0n) is 21.1. The van der Waals surface area contributed by atoms with E-state index in [0.29, 0.717) is 16.9 Å². The Kier molecular flexibility index (Phi) is 6.53. The summed E-state index contributed by atoms with van der Waals surface area (Å²) in [5.74, 6) is 1.33. The molecule has 1 N–H and O–H groups in total. The molecule has 0 radical (unpaired) electrons. The third-order valence-corrected chi connectivity index (χ3v) is 8.27. The van der Waals surface area contributed by atoms with E-state index in [4.69, 9.17) is 23.8 Å². The second-order valence-electron chi connectivity index (χ2n) is 10.4. The second kappa shape index (κ2) is 9.47. The van der Waals surface area contributed by atoms with Crippen molar-refractivity contribution in [3.05, 3.63) is 76.3 Å². The quantitative estimate of drug-likeness (QED) is 0.416. The first-order valence-corrected chi connectivity index (χ1v) is 13.2. The van der Waals surface area contributed by atoms with E-state index >= 15 is 0 Å². The number of nitrogens with one attached hydrogen (secondary N) is 1. The minimum atomic E-state index is -0.0635. The molecule has 1 aromatic carbocycles. The van der Waals surface area contributed by atoms with Crippen LogP contribution >= 0.6 is 23.8 Å². The zero-order valence-corrected chi connectivity index (χ0v) is 22.7. The number of anilines is 2. The molecule has 2 aliphatic rings. The predicted octanol–water partition coefficient (Wildman–Crippen LogP) is 6.35. The van der Waals surface area contributed by atoms with Gasteiger partial charge < -0.3 is 19.7 Å². The number of nitrogens with zero attached hydrogens (tertiary/aromatic N) is 4. The van der Waals surface area contributed by atoms with Gasteiger partial charge in [-0.3, -0.25) is 4.98 Å². The van der Waals surface area contributed by atoms with Crippen molar-refractivity contribution >= 4 is 40.3 Å². The minimum Gasteiger partial charge on any atom is -0.370 e. The number of rotatable bonds is 4. The molecule has 184 valence electrons. The SMILES string of the molecule is Cc1cc([C@H]2[C@H](c3ccccn3)NC(=S)N2c2ccc(N3C[C@H](C)C[C@H](C)C3)c(Cl)c2)c(C)n1C. The summed E-state index contributed by atoms with van der Waals surface area (Å²) in [6, 6.07) is 14.6. The van der Waals surface area contributed by atoms with E-state index in [-0.39, 0.29) is 12.1 Å². The Morgan fingerprint density at radius 2 is 1.80 bits per heavy atom. The van der Waals surface area contributed by atoms with E-state index in [1.54, 1.807) is 0 Å². The lowest BCUT2D eigenvalue weighted by Gasteiger charge is -2.37. The topological polar surface area (TPSA) is 36.3 Å². The largest absolute Gasteiger partial charge is 0.370 e. The van der Waals surface area contributed by atoms with Crippen LogP contribution < -0.4 is 15.1 Å². The highest BCUT2D eigenvalue weighted by molar-refractivity contribution is 7.80. The van der Waals surface area contributed by atoms with Gasteiger partial charge in [0.1, 0.15) is 0 Å². The number of hydrogen-bond donors (Lipinski definition) is 1. The molecule has 0 unspecified atom stereocenters. The van der Waals surface area contributed by atoms with Gasteiger partial charge in [0.25, 0.3) is 0 Å². The van der Waals surface area contributed by atoms with Crippen LogP contribution in [0.25, 0.3) is 0 Å². The second-order valence-corrected chi connectivity index (χ2v) is 11.2. The number of hydrogen-bond acceptors (Lipinski definition) is 3. The van der Waals surface area contributed by atoms with Crippen LogP contribution in [0.4, 0.5) is 11.4 Å². The number of benzene rings is 1. The fourth-order valence-corrected chi connectivity index (χ4v) is 6.53. The zero-order chi connectivity index (χ0) is 24.9. The van der Waals surface area contributed by atoms with Crippen molar-refractivity contribution in [1.29, 1.82) is 0 Å². The van der Waals surface area contributed by atoms with Gasteiger partial charge in [0.2, 0.25) is 0 Å². The smallest absolute Gasteiger partial charge is 0.174 e. The van der Waals surface area contributed by atoms with Crippen LogP contribution in [-0.2, 0) is 7.05 Å². The predicted molar refractivity (Wildman–Crippen MR) is 149 cm³/mol. The molecule has 2 saturated heterocycles. The molecule has 3 aromatic rings.